The molecular formula is C23H21BrN2O3. The fourth-order valence-corrected chi connectivity index (χ4v) is 5.90. The summed E-state index contributed by atoms with van der Waals surface area (Å²) in [5.74, 6) is -0.421. The first-order valence-electron chi connectivity index (χ1n) is 9.98. The third-order valence-corrected chi connectivity index (χ3v) is 7.29. The quantitative estimate of drug-likeness (QED) is 0.717. The Bertz CT molecular complexity index is 975. The van der Waals surface area contributed by atoms with Crippen molar-refractivity contribution >= 4 is 39.3 Å². The first-order chi connectivity index (χ1) is 14.0. The molecule has 0 spiro atoms. The first-order valence-corrected chi connectivity index (χ1v) is 10.8. The van der Waals surface area contributed by atoms with Gasteiger partial charge in [-0.1, -0.05) is 46.3 Å². The van der Waals surface area contributed by atoms with Crippen molar-refractivity contribution in [2.75, 3.05) is 11.9 Å². The molecule has 0 radical (unpaired) electrons. The molecule has 1 N–H and O–H groups in total. The standard InChI is InChI=1S/C23H21BrN2O3/c24-15-6-8-16(9-7-15)25-19(27)12-26-22(28)20-14-10-17(13-4-2-1-3-5-13)18(11-14)21(20)23(26)29/h1-9,14,17-18,20-21H,10-12H2,(H,25,27)/t14-,17+,18+,20+,21-/m0/s1. The second kappa shape index (κ2) is 7.10. The van der Waals surface area contributed by atoms with Crippen LogP contribution in [0.1, 0.15) is 24.3 Å². The number of carbonyl (C=O) groups is 3. The van der Waals surface area contributed by atoms with Gasteiger partial charge in [0.05, 0.1) is 11.8 Å². The van der Waals surface area contributed by atoms with E-state index in [0.717, 1.165) is 17.3 Å². The molecule has 2 saturated carbocycles. The third-order valence-electron chi connectivity index (χ3n) is 6.76. The minimum Gasteiger partial charge on any atom is -0.325 e. The van der Waals surface area contributed by atoms with E-state index >= 15 is 0 Å². The number of likely N-dealkylation sites (tertiary alicyclic amines) is 1. The molecule has 5 atom stereocenters. The van der Waals surface area contributed by atoms with Crippen LogP contribution >= 0.6 is 15.9 Å². The van der Waals surface area contributed by atoms with E-state index in [1.807, 2.05) is 30.3 Å². The summed E-state index contributed by atoms with van der Waals surface area (Å²) < 4.78 is 0.914. The van der Waals surface area contributed by atoms with Crippen molar-refractivity contribution in [3.05, 3.63) is 64.6 Å². The smallest absolute Gasteiger partial charge is 0.244 e. The van der Waals surface area contributed by atoms with Gasteiger partial charge < -0.3 is 5.32 Å². The second-order valence-electron chi connectivity index (χ2n) is 8.28. The van der Waals surface area contributed by atoms with Gasteiger partial charge in [-0.25, -0.2) is 0 Å². The average Bonchev–Trinajstić information content (AvgIpc) is 3.38. The minimum absolute atomic E-state index is 0.162. The summed E-state index contributed by atoms with van der Waals surface area (Å²) in [4.78, 5) is 39.7. The number of benzene rings is 2. The molecule has 6 heteroatoms. The summed E-state index contributed by atoms with van der Waals surface area (Å²) in [7, 11) is 0. The number of nitrogens with one attached hydrogen (secondary N) is 1. The van der Waals surface area contributed by atoms with E-state index in [1.54, 1.807) is 12.1 Å². The van der Waals surface area contributed by atoms with Crippen LogP contribution in [0.4, 0.5) is 5.69 Å². The van der Waals surface area contributed by atoms with Gasteiger partial charge in [-0.2, -0.15) is 0 Å². The van der Waals surface area contributed by atoms with Gasteiger partial charge in [0, 0.05) is 10.2 Å². The zero-order valence-corrected chi connectivity index (χ0v) is 17.3. The maximum absolute atomic E-state index is 13.1. The topological polar surface area (TPSA) is 66.5 Å². The van der Waals surface area contributed by atoms with Crippen molar-refractivity contribution < 1.29 is 14.4 Å². The maximum atomic E-state index is 13.1. The highest BCUT2D eigenvalue weighted by molar-refractivity contribution is 9.10. The lowest BCUT2D eigenvalue weighted by atomic mass is 9.73. The number of rotatable bonds is 4. The highest BCUT2D eigenvalue weighted by Crippen LogP contribution is 2.61. The Morgan fingerprint density at radius 3 is 2.38 bits per heavy atom. The van der Waals surface area contributed by atoms with Gasteiger partial charge in [0.2, 0.25) is 17.7 Å². The molecule has 3 fully saturated rings. The third kappa shape index (κ3) is 3.10. The minimum atomic E-state index is -0.346. The van der Waals surface area contributed by atoms with Crippen LogP contribution in [0, 0.1) is 23.7 Å². The van der Waals surface area contributed by atoms with Crippen LogP contribution in [-0.4, -0.2) is 29.2 Å². The van der Waals surface area contributed by atoms with Crippen LogP contribution in [0.3, 0.4) is 0 Å². The molecule has 0 unspecified atom stereocenters. The molecular weight excluding hydrogens is 432 g/mol. The number of nitrogens with zero attached hydrogens (tertiary/aromatic N) is 1. The van der Waals surface area contributed by atoms with Crippen molar-refractivity contribution in [1.29, 1.82) is 0 Å². The van der Waals surface area contributed by atoms with Crippen molar-refractivity contribution in [1.82, 2.24) is 4.90 Å². The van der Waals surface area contributed by atoms with Gasteiger partial charge in [-0.3, -0.25) is 19.3 Å². The molecule has 3 amide bonds. The number of halogens is 1. The highest BCUT2D eigenvalue weighted by Gasteiger charge is 2.63. The van der Waals surface area contributed by atoms with Crippen molar-refractivity contribution in [2.45, 2.75) is 18.8 Å². The Hall–Kier alpha value is -2.47. The molecule has 5 nitrogen and oxygen atoms in total. The van der Waals surface area contributed by atoms with Crippen molar-refractivity contribution in [3.63, 3.8) is 0 Å². The fraction of sp³-hybridized carbons (Fsp3) is 0.348. The molecule has 29 heavy (non-hydrogen) atoms. The lowest BCUT2D eigenvalue weighted by Gasteiger charge is -2.28. The van der Waals surface area contributed by atoms with Crippen molar-refractivity contribution in [3.8, 4) is 0 Å². The Balaban J connectivity index is 1.31. The number of amides is 3. The monoisotopic (exact) mass is 452 g/mol. The first kappa shape index (κ1) is 18.6. The van der Waals surface area contributed by atoms with E-state index in [-0.39, 0.29) is 47.9 Å². The Morgan fingerprint density at radius 2 is 1.66 bits per heavy atom. The van der Waals surface area contributed by atoms with Gasteiger partial charge in [-0.15, -0.1) is 0 Å². The molecule has 0 aromatic heterocycles. The summed E-state index contributed by atoms with van der Waals surface area (Å²) in [5, 5.41) is 2.77. The average molecular weight is 453 g/mol. The highest BCUT2D eigenvalue weighted by atomic mass is 79.9. The van der Waals surface area contributed by atoms with Crippen LogP contribution in [0.15, 0.2) is 59.1 Å². The molecule has 148 valence electrons. The molecule has 1 aliphatic heterocycles. The zero-order valence-electron chi connectivity index (χ0n) is 15.8. The van der Waals surface area contributed by atoms with E-state index in [1.165, 1.54) is 10.5 Å². The number of anilines is 1. The van der Waals surface area contributed by atoms with Crippen LogP contribution in [-0.2, 0) is 14.4 Å². The molecule has 3 aliphatic rings. The molecule has 1 heterocycles. The fourth-order valence-electron chi connectivity index (χ4n) is 5.64. The molecule has 1 saturated heterocycles. The Labute approximate surface area is 177 Å². The van der Waals surface area contributed by atoms with E-state index in [9.17, 15) is 14.4 Å². The van der Waals surface area contributed by atoms with E-state index in [2.05, 4.69) is 33.4 Å². The molecule has 2 aliphatic carbocycles. The Kier molecular flexibility index (Phi) is 4.54. The number of hydrogen-bond donors (Lipinski definition) is 1. The summed E-state index contributed by atoms with van der Waals surface area (Å²) in [6.07, 6.45) is 1.89. The van der Waals surface area contributed by atoms with E-state index in [0.29, 0.717) is 11.6 Å². The number of carbonyl (C=O) groups excluding carboxylic acids is 3. The number of hydrogen-bond acceptors (Lipinski definition) is 3. The number of imide groups is 1. The van der Waals surface area contributed by atoms with E-state index in [4.69, 9.17) is 0 Å². The predicted molar refractivity (Wildman–Crippen MR) is 112 cm³/mol. The van der Waals surface area contributed by atoms with E-state index < -0.39 is 0 Å². The van der Waals surface area contributed by atoms with Crippen LogP contribution in [0.2, 0.25) is 0 Å². The second-order valence-corrected chi connectivity index (χ2v) is 9.20. The Morgan fingerprint density at radius 1 is 0.966 bits per heavy atom. The largest absolute Gasteiger partial charge is 0.325 e. The number of fused-ring (bicyclic) bond motifs is 5. The van der Waals surface area contributed by atoms with Crippen molar-refractivity contribution in [2.24, 2.45) is 23.7 Å². The maximum Gasteiger partial charge on any atom is 0.244 e. The summed E-state index contributed by atoms with van der Waals surface area (Å²) in [6.45, 7) is -0.212. The summed E-state index contributed by atoms with van der Waals surface area (Å²) >= 11 is 3.35. The van der Waals surface area contributed by atoms with Crippen LogP contribution < -0.4 is 5.32 Å². The van der Waals surface area contributed by atoms with Gasteiger partial charge in [0.25, 0.3) is 0 Å². The molecule has 5 rings (SSSR count). The SMILES string of the molecule is O=C(CN1C(=O)[C@@H]2[C@@H]3C[C@@H]([C@@H]2C1=O)[C@@H](c1ccccc1)C3)Nc1ccc(Br)cc1. The zero-order chi connectivity index (χ0) is 20.1. The lowest BCUT2D eigenvalue weighted by Crippen LogP contribution is -2.39. The van der Waals surface area contributed by atoms with Gasteiger partial charge in [0.1, 0.15) is 6.54 Å². The predicted octanol–water partition coefficient (Wildman–Crippen LogP) is 3.81. The van der Waals surface area contributed by atoms with Gasteiger partial charge >= 0.3 is 0 Å². The summed E-state index contributed by atoms with van der Waals surface area (Å²) in [6, 6.07) is 17.5. The van der Waals surface area contributed by atoms with Crippen LogP contribution in [0.5, 0.6) is 0 Å². The summed E-state index contributed by atoms with van der Waals surface area (Å²) in [5.41, 5.74) is 1.90. The van der Waals surface area contributed by atoms with Crippen LogP contribution in [0.25, 0.3) is 0 Å². The molecule has 2 aromatic carbocycles. The normalized spacial score (nSPS) is 30.0. The van der Waals surface area contributed by atoms with Gasteiger partial charge in [0.15, 0.2) is 0 Å². The van der Waals surface area contributed by atoms with Gasteiger partial charge in [-0.05, 0) is 60.4 Å². The lowest BCUT2D eigenvalue weighted by molar-refractivity contribution is -0.143. The molecule has 2 bridgehead atoms. The molecule has 2 aromatic rings.